The minimum absolute atomic E-state index is 0.0557. The fraction of sp³-hybridized carbons (Fsp3) is 0.261. The maximum atomic E-state index is 13.4. The summed E-state index contributed by atoms with van der Waals surface area (Å²) in [6.45, 7) is 1.24. The van der Waals surface area contributed by atoms with Crippen molar-refractivity contribution in [1.29, 1.82) is 0 Å². The van der Waals surface area contributed by atoms with Crippen LogP contribution in [0.3, 0.4) is 0 Å². The van der Waals surface area contributed by atoms with Gasteiger partial charge < -0.3 is 9.88 Å². The summed E-state index contributed by atoms with van der Waals surface area (Å²) in [6.07, 6.45) is 5.48. The summed E-state index contributed by atoms with van der Waals surface area (Å²) >= 11 is 6.09. The molecule has 0 spiro atoms. The lowest BCUT2D eigenvalue weighted by atomic mass is 9.97. The molecular weight excluding hydrogens is 403 g/mol. The van der Waals surface area contributed by atoms with Gasteiger partial charge in [0.1, 0.15) is 11.9 Å². The summed E-state index contributed by atoms with van der Waals surface area (Å²) in [4.78, 5) is 18.0. The summed E-state index contributed by atoms with van der Waals surface area (Å²) in [7, 11) is 0. The Bertz CT molecular complexity index is 1140. The number of nitrogens with one attached hydrogen (secondary N) is 3. The number of aromatic amines is 1. The molecule has 5 rings (SSSR count). The Morgan fingerprint density at radius 2 is 2.07 bits per heavy atom. The summed E-state index contributed by atoms with van der Waals surface area (Å²) in [5, 5.41) is 1.70. The Morgan fingerprint density at radius 3 is 2.87 bits per heavy atom. The first kappa shape index (κ1) is 19.3. The lowest BCUT2D eigenvalue weighted by Crippen LogP contribution is -2.46. The predicted octanol–water partition coefficient (Wildman–Crippen LogP) is 4.18. The fourth-order valence-electron chi connectivity index (χ4n) is 4.36. The Balaban J connectivity index is 1.26. The normalized spacial score (nSPS) is 21.8. The van der Waals surface area contributed by atoms with E-state index in [0.29, 0.717) is 24.5 Å². The van der Waals surface area contributed by atoms with Gasteiger partial charge >= 0.3 is 0 Å². The van der Waals surface area contributed by atoms with Crippen LogP contribution in [0.25, 0.3) is 16.5 Å². The first-order valence-corrected chi connectivity index (χ1v) is 10.5. The highest BCUT2D eigenvalue weighted by atomic mass is 35.5. The van der Waals surface area contributed by atoms with Crippen molar-refractivity contribution in [2.24, 2.45) is 0 Å². The molecule has 0 aliphatic carbocycles. The zero-order valence-electron chi connectivity index (χ0n) is 16.3. The number of fused-ring (bicyclic) bond motifs is 1. The van der Waals surface area contributed by atoms with E-state index in [2.05, 4.69) is 21.9 Å². The number of amides is 1. The quantitative estimate of drug-likeness (QED) is 0.591. The van der Waals surface area contributed by atoms with E-state index in [1.807, 2.05) is 35.4 Å². The van der Waals surface area contributed by atoms with Gasteiger partial charge in [0.05, 0.1) is 0 Å². The van der Waals surface area contributed by atoms with E-state index >= 15 is 0 Å². The standard InChI is InChI=1S/C23H22ClFN4O/c24-16-3-1-2-15(10-16)20-12-22(28-27-20)23(30)29-8-6-14(7-9-29)19-13-26-21-11-17(25)4-5-18(19)21/h1-6,10-11,13,20,22,26-28H,7-9,12H2. The average Bonchev–Trinajstić information content (AvgIpc) is 3.41. The summed E-state index contributed by atoms with van der Waals surface area (Å²) in [6, 6.07) is 12.3. The number of aromatic nitrogens is 1. The van der Waals surface area contributed by atoms with Crippen LogP contribution < -0.4 is 10.9 Å². The summed E-state index contributed by atoms with van der Waals surface area (Å²) in [5.74, 6) is -0.151. The second kappa shape index (κ2) is 7.87. The van der Waals surface area contributed by atoms with E-state index in [9.17, 15) is 9.18 Å². The number of hydrogen-bond donors (Lipinski definition) is 3. The van der Waals surface area contributed by atoms with Crippen LogP contribution in [0.15, 0.2) is 54.7 Å². The van der Waals surface area contributed by atoms with Gasteiger partial charge in [-0.05, 0) is 54.3 Å². The van der Waals surface area contributed by atoms with Crippen LogP contribution in [0.4, 0.5) is 4.39 Å². The highest BCUT2D eigenvalue weighted by Gasteiger charge is 2.33. The van der Waals surface area contributed by atoms with E-state index in [1.54, 1.807) is 6.07 Å². The molecule has 1 saturated heterocycles. The molecule has 2 atom stereocenters. The molecule has 2 unspecified atom stereocenters. The van der Waals surface area contributed by atoms with E-state index in [4.69, 9.17) is 11.6 Å². The maximum Gasteiger partial charge on any atom is 0.241 e. The van der Waals surface area contributed by atoms with Gasteiger partial charge in [-0.25, -0.2) is 15.2 Å². The lowest BCUT2D eigenvalue weighted by molar-refractivity contribution is -0.132. The predicted molar refractivity (Wildman–Crippen MR) is 116 cm³/mol. The van der Waals surface area contributed by atoms with E-state index < -0.39 is 0 Å². The Hall–Kier alpha value is -2.67. The largest absolute Gasteiger partial charge is 0.360 e. The van der Waals surface area contributed by atoms with Crippen molar-refractivity contribution in [2.75, 3.05) is 13.1 Å². The van der Waals surface area contributed by atoms with Crippen LogP contribution >= 0.6 is 11.6 Å². The monoisotopic (exact) mass is 424 g/mol. The topological polar surface area (TPSA) is 60.2 Å². The van der Waals surface area contributed by atoms with Crippen molar-refractivity contribution in [3.63, 3.8) is 0 Å². The zero-order chi connectivity index (χ0) is 20.7. The van der Waals surface area contributed by atoms with Crippen LogP contribution in [0.5, 0.6) is 0 Å². The van der Waals surface area contributed by atoms with Gasteiger partial charge in [-0.2, -0.15) is 0 Å². The third-order valence-electron chi connectivity index (χ3n) is 5.96. The Kier molecular flexibility index (Phi) is 5.06. The third-order valence-corrected chi connectivity index (χ3v) is 6.20. The number of hydrogen-bond acceptors (Lipinski definition) is 3. The molecule has 3 N–H and O–H groups in total. The minimum atomic E-state index is -0.264. The van der Waals surface area contributed by atoms with Gasteiger partial charge in [0.2, 0.25) is 5.91 Å². The molecular formula is C23H22ClFN4O. The van der Waals surface area contributed by atoms with Crippen LogP contribution in [0.1, 0.15) is 30.0 Å². The van der Waals surface area contributed by atoms with Crippen LogP contribution in [-0.4, -0.2) is 34.9 Å². The average molecular weight is 425 g/mol. The number of carbonyl (C=O) groups is 1. The van der Waals surface area contributed by atoms with Crippen molar-refractivity contribution >= 4 is 34.0 Å². The highest BCUT2D eigenvalue weighted by Crippen LogP contribution is 2.31. The van der Waals surface area contributed by atoms with Crippen molar-refractivity contribution in [3.8, 4) is 0 Å². The van der Waals surface area contributed by atoms with Crippen molar-refractivity contribution in [3.05, 3.63) is 76.7 Å². The number of benzene rings is 2. The number of nitrogens with zero attached hydrogens (tertiary/aromatic N) is 1. The van der Waals surface area contributed by atoms with Crippen molar-refractivity contribution < 1.29 is 9.18 Å². The number of rotatable bonds is 3. The number of carbonyl (C=O) groups excluding carboxylic acids is 1. The van der Waals surface area contributed by atoms with Gasteiger partial charge in [0.25, 0.3) is 0 Å². The molecule has 1 amide bonds. The number of halogens is 2. The molecule has 0 bridgehead atoms. The second-order valence-corrected chi connectivity index (χ2v) is 8.28. The van der Waals surface area contributed by atoms with Gasteiger partial charge in [0, 0.05) is 46.8 Å². The highest BCUT2D eigenvalue weighted by molar-refractivity contribution is 6.30. The first-order valence-electron chi connectivity index (χ1n) is 10.1. The maximum absolute atomic E-state index is 13.4. The van der Waals surface area contributed by atoms with Crippen LogP contribution in [0.2, 0.25) is 5.02 Å². The van der Waals surface area contributed by atoms with Crippen molar-refractivity contribution in [1.82, 2.24) is 20.7 Å². The second-order valence-electron chi connectivity index (χ2n) is 7.84. The van der Waals surface area contributed by atoms with Gasteiger partial charge in [0.15, 0.2) is 0 Å². The van der Waals surface area contributed by atoms with E-state index in [0.717, 1.165) is 28.5 Å². The summed E-state index contributed by atoms with van der Waals surface area (Å²) < 4.78 is 13.4. The molecule has 2 aliphatic heterocycles. The van der Waals surface area contributed by atoms with Gasteiger partial charge in [-0.1, -0.05) is 29.8 Å². The summed E-state index contributed by atoms with van der Waals surface area (Å²) in [5.41, 5.74) is 10.5. The van der Waals surface area contributed by atoms with Crippen LogP contribution in [0, 0.1) is 5.82 Å². The molecule has 0 radical (unpaired) electrons. The molecule has 5 nitrogen and oxygen atoms in total. The molecule has 1 aromatic heterocycles. The van der Waals surface area contributed by atoms with E-state index in [1.165, 1.54) is 17.7 Å². The molecule has 3 aromatic rings. The smallest absolute Gasteiger partial charge is 0.241 e. The SMILES string of the molecule is O=C(C1CC(c2cccc(Cl)c2)NN1)N1CC=C(c2c[nH]c3cc(F)ccc23)CC1. The van der Waals surface area contributed by atoms with Gasteiger partial charge in [-0.3, -0.25) is 4.79 Å². The lowest BCUT2D eigenvalue weighted by Gasteiger charge is -2.28. The molecule has 2 aromatic carbocycles. The van der Waals surface area contributed by atoms with Crippen molar-refractivity contribution in [2.45, 2.75) is 24.9 Å². The molecule has 30 heavy (non-hydrogen) atoms. The van der Waals surface area contributed by atoms with Crippen LogP contribution in [-0.2, 0) is 4.79 Å². The van der Waals surface area contributed by atoms with Gasteiger partial charge in [-0.15, -0.1) is 0 Å². The number of H-pyrrole nitrogens is 1. The Labute approximate surface area is 178 Å². The fourth-order valence-corrected chi connectivity index (χ4v) is 4.56. The number of hydrazine groups is 1. The first-order chi connectivity index (χ1) is 14.6. The molecule has 154 valence electrons. The zero-order valence-corrected chi connectivity index (χ0v) is 17.0. The molecule has 7 heteroatoms. The molecule has 2 aliphatic rings. The molecule has 1 fully saturated rings. The molecule has 0 saturated carbocycles. The Morgan fingerprint density at radius 1 is 1.17 bits per heavy atom. The van der Waals surface area contributed by atoms with E-state index in [-0.39, 0.29) is 23.8 Å². The third kappa shape index (κ3) is 3.62. The minimum Gasteiger partial charge on any atom is -0.360 e. The molecule has 3 heterocycles.